The van der Waals surface area contributed by atoms with E-state index in [0.717, 1.165) is 36.0 Å². The minimum Gasteiger partial charge on any atom is -0.463 e. The summed E-state index contributed by atoms with van der Waals surface area (Å²) in [5.41, 5.74) is 2.92. The number of benzene rings is 3. The van der Waals surface area contributed by atoms with E-state index >= 15 is 0 Å². The first-order valence-corrected chi connectivity index (χ1v) is 21.8. The number of hydrogen-bond acceptors (Lipinski definition) is 9. The first-order valence-electron chi connectivity index (χ1n) is 22.1. The van der Waals surface area contributed by atoms with Crippen LogP contribution in [0.1, 0.15) is 128 Å². The lowest BCUT2D eigenvalue weighted by Crippen LogP contribution is -2.61. The fraction of sp³-hybridized carbons (Fsp3) is 0.583. The van der Waals surface area contributed by atoms with Crippen molar-refractivity contribution in [1.29, 1.82) is 0 Å². The summed E-state index contributed by atoms with van der Waals surface area (Å²) in [5, 5.41) is 10.9. The van der Waals surface area contributed by atoms with Gasteiger partial charge in [0.25, 0.3) is 0 Å². The summed E-state index contributed by atoms with van der Waals surface area (Å²) in [5.74, 6) is -0.322. The zero-order valence-corrected chi connectivity index (χ0v) is 35.0. The SMILES string of the molecule is [2H]CC(=S)C[C@H]1OC(OCC(O)COC(=O)CCCCCCCCCCCCCCC)[C@H](OCc2ccccc2)[C@@H](OCc2ccccc2)[C@@H]1OCc1ccccc1. The number of carbonyl (C=O) groups is 1. The van der Waals surface area contributed by atoms with Gasteiger partial charge in [-0.25, -0.2) is 0 Å². The van der Waals surface area contributed by atoms with E-state index in [4.69, 9.17) is 42.0 Å². The molecule has 4 rings (SSSR count). The number of unbranched alkanes of at least 4 members (excludes halogenated alkanes) is 12. The third-order valence-corrected chi connectivity index (χ3v) is 10.4. The van der Waals surface area contributed by atoms with Crippen molar-refractivity contribution in [1.82, 2.24) is 0 Å². The van der Waals surface area contributed by atoms with Crippen molar-refractivity contribution >= 4 is 23.1 Å². The maximum absolute atomic E-state index is 12.6. The van der Waals surface area contributed by atoms with Gasteiger partial charge >= 0.3 is 5.97 Å². The fourth-order valence-electron chi connectivity index (χ4n) is 7.07. The number of esters is 1. The first-order chi connectivity index (χ1) is 28.5. The smallest absolute Gasteiger partial charge is 0.305 e. The highest BCUT2D eigenvalue weighted by Gasteiger charge is 2.49. The zero-order chi connectivity index (χ0) is 41.0. The van der Waals surface area contributed by atoms with E-state index < -0.39 is 36.8 Å². The zero-order valence-electron chi connectivity index (χ0n) is 35.2. The van der Waals surface area contributed by atoms with Gasteiger partial charge in [-0.15, -0.1) is 0 Å². The molecule has 1 heterocycles. The van der Waals surface area contributed by atoms with E-state index in [2.05, 4.69) is 6.92 Å². The molecule has 1 fully saturated rings. The predicted octanol–water partition coefficient (Wildman–Crippen LogP) is 10.6. The Morgan fingerprint density at radius 2 is 1.11 bits per heavy atom. The van der Waals surface area contributed by atoms with Crippen LogP contribution in [0.5, 0.6) is 0 Å². The van der Waals surface area contributed by atoms with Gasteiger partial charge in [0.1, 0.15) is 31.0 Å². The number of ether oxygens (including phenoxy) is 6. The Labute approximate surface area is 349 Å². The predicted molar refractivity (Wildman–Crippen MR) is 230 cm³/mol. The number of carbonyl (C=O) groups excluding carboxylic acids is 1. The lowest BCUT2D eigenvalue weighted by molar-refractivity contribution is -0.324. The number of thiocarbonyl (C=S) groups is 1. The number of aliphatic hydroxyl groups excluding tert-OH is 1. The second-order valence-electron chi connectivity index (χ2n) is 15.2. The summed E-state index contributed by atoms with van der Waals surface area (Å²) in [6.45, 7) is 2.68. The number of aliphatic hydroxyl groups is 1. The Balaban J connectivity index is 1.34. The Morgan fingerprint density at radius 3 is 1.60 bits per heavy atom. The Bertz CT molecular complexity index is 1500. The number of hydrogen-bond donors (Lipinski definition) is 1. The van der Waals surface area contributed by atoms with Crippen molar-refractivity contribution in [2.75, 3.05) is 13.2 Å². The largest absolute Gasteiger partial charge is 0.463 e. The highest BCUT2D eigenvalue weighted by molar-refractivity contribution is 7.80. The van der Waals surface area contributed by atoms with Crippen molar-refractivity contribution in [3.05, 3.63) is 108 Å². The van der Waals surface area contributed by atoms with E-state index in [0.29, 0.717) is 17.9 Å². The maximum Gasteiger partial charge on any atom is 0.305 e. The summed E-state index contributed by atoms with van der Waals surface area (Å²) in [7, 11) is 0. The van der Waals surface area contributed by atoms with Gasteiger partial charge in [-0.3, -0.25) is 4.79 Å². The normalized spacial score (nSPS) is 20.2. The molecule has 0 spiro atoms. The Kier molecular flexibility index (Phi) is 22.5. The van der Waals surface area contributed by atoms with Crippen LogP contribution >= 0.6 is 12.2 Å². The molecule has 8 nitrogen and oxygen atoms in total. The maximum atomic E-state index is 12.6. The highest BCUT2D eigenvalue weighted by Crippen LogP contribution is 2.33. The molecule has 1 aliphatic rings. The molecule has 314 valence electrons. The molecule has 1 N–H and O–H groups in total. The molecule has 1 saturated heterocycles. The molecule has 0 aliphatic carbocycles. The third kappa shape index (κ3) is 19.1. The molecule has 2 unspecified atom stereocenters. The standard InChI is InChI=1S/C48H68O8S/c1-3-4-5-6-7-8-9-10-11-12-13-14-24-31-44(50)51-36-42(49)37-55-48-47(54-35-41-29-22-17-23-30-41)46(53-34-40-27-20-16-21-28-40)45(43(56-48)32-38(2)57)52-33-39-25-18-15-19-26-39/h15-23,25-30,42-43,45-49H,3-14,24,31-37H2,1-2H3/t42?,43-,45-,46+,47-,48?/m1/s1/i2D. The van der Waals surface area contributed by atoms with E-state index in [9.17, 15) is 9.90 Å². The Morgan fingerprint density at radius 1 is 0.649 bits per heavy atom. The molecule has 57 heavy (non-hydrogen) atoms. The molecule has 0 amide bonds. The molecule has 0 bridgehead atoms. The van der Waals surface area contributed by atoms with E-state index in [1.165, 1.54) is 64.2 Å². The molecule has 0 aromatic heterocycles. The van der Waals surface area contributed by atoms with Crippen LogP contribution in [0.4, 0.5) is 0 Å². The molecule has 0 radical (unpaired) electrons. The van der Waals surface area contributed by atoms with E-state index in [1.807, 2.05) is 91.0 Å². The summed E-state index contributed by atoms with van der Waals surface area (Å²) in [4.78, 5) is 13.1. The van der Waals surface area contributed by atoms with Crippen LogP contribution in [0.15, 0.2) is 91.0 Å². The van der Waals surface area contributed by atoms with Crippen LogP contribution in [0.2, 0.25) is 0 Å². The average Bonchev–Trinajstić information content (AvgIpc) is 3.25. The first kappa shape index (κ1) is 45.1. The number of rotatable bonds is 30. The van der Waals surface area contributed by atoms with Gasteiger partial charge in [0.05, 0.1) is 32.5 Å². The van der Waals surface area contributed by atoms with Crippen molar-refractivity contribution in [2.45, 2.75) is 167 Å². The van der Waals surface area contributed by atoms with Crippen molar-refractivity contribution in [2.24, 2.45) is 0 Å². The van der Waals surface area contributed by atoms with Gasteiger partial charge in [0.2, 0.25) is 0 Å². The Hall–Kier alpha value is -3.02. The van der Waals surface area contributed by atoms with Crippen molar-refractivity contribution < 1.29 is 39.7 Å². The second kappa shape index (κ2) is 28.4. The van der Waals surface area contributed by atoms with Crippen LogP contribution in [0, 0.1) is 0 Å². The van der Waals surface area contributed by atoms with Gasteiger partial charge in [-0.2, -0.15) is 0 Å². The quantitative estimate of drug-likeness (QED) is 0.0402. The lowest BCUT2D eigenvalue weighted by atomic mass is 9.94. The monoisotopic (exact) mass is 805 g/mol. The molecule has 1 aliphatic heterocycles. The third-order valence-electron chi connectivity index (χ3n) is 10.2. The van der Waals surface area contributed by atoms with Crippen LogP contribution in [0.3, 0.4) is 0 Å². The molecular formula is C48H68O8S. The van der Waals surface area contributed by atoms with Crippen LogP contribution in [-0.4, -0.2) is 66.0 Å². The minimum absolute atomic E-state index is 0.0427. The van der Waals surface area contributed by atoms with Crippen LogP contribution < -0.4 is 0 Å². The molecule has 3 aromatic rings. The van der Waals surface area contributed by atoms with E-state index in [1.54, 1.807) is 0 Å². The van der Waals surface area contributed by atoms with Crippen LogP contribution in [0.25, 0.3) is 0 Å². The average molecular weight is 806 g/mol. The van der Waals surface area contributed by atoms with Gasteiger partial charge in [-0.1, -0.05) is 187 Å². The van der Waals surface area contributed by atoms with Crippen molar-refractivity contribution in [3.63, 3.8) is 0 Å². The molecule has 9 heteroatoms. The van der Waals surface area contributed by atoms with E-state index in [-0.39, 0.29) is 45.7 Å². The highest BCUT2D eigenvalue weighted by atomic mass is 32.1. The lowest BCUT2D eigenvalue weighted by Gasteiger charge is -2.46. The molecular weight excluding hydrogens is 737 g/mol. The summed E-state index contributed by atoms with van der Waals surface area (Å²) in [6.07, 6.45) is 11.9. The van der Waals surface area contributed by atoms with Gasteiger partial charge < -0.3 is 33.5 Å². The topological polar surface area (TPSA) is 92.7 Å². The molecule has 6 atom stereocenters. The van der Waals surface area contributed by atoms with Crippen molar-refractivity contribution in [3.8, 4) is 0 Å². The van der Waals surface area contributed by atoms with Crippen LogP contribution in [-0.2, 0) is 53.0 Å². The minimum atomic E-state index is -1.09. The van der Waals surface area contributed by atoms with Gasteiger partial charge in [0.15, 0.2) is 6.29 Å². The second-order valence-corrected chi connectivity index (χ2v) is 15.8. The summed E-state index contributed by atoms with van der Waals surface area (Å²) >= 11 is 5.55. The van der Waals surface area contributed by atoms with Gasteiger partial charge in [-0.05, 0) is 34.9 Å². The summed E-state index contributed by atoms with van der Waals surface area (Å²) < 4.78 is 46.2. The fourth-order valence-corrected chi connectivity index (χ4v) is 7.24. The molecule has 0 saturated carbocycles. The summed E-state index contributed by atoms with van der Waals surface area (Å²) in [6, 6.07) is 29.6. The van der Waals surface area contributed by atoms with Gasteiger partial charge in [0, 0.05) is 14.2 Å². The molecule has 3 aromatic carbocycles.